The van der Waals surface area contributed by atoms with Gasteiger partial charge in [0.05, 0.1) is 7.11 Å². The fourth-order valence-electron chi connectivity index (χ4n) is 2.66. The first-order valence-electron chi connectivity index (χ1n) is 8.44. The third-order valence-corrected chi connectivity index (χ3v) is 4.01. The van der Waals surface area contributed by atoms with Crippen molar-refractivity contribution in [2.45, 2.75) is 13.0 Å². The van der Waals surface area contributed by atoms with Gasteiger partial charge in [0.25, 0.3) is 5.91 Å². The van der Waals surface area contributed by atoms with Crippen molar-refractivity contribution in [3.8, 4) is 22.6 Å². The Balaban J connectivity index is 1.76. The molecular weight excluding hydrogens is 326 g/mol. The van der Waals surface area contributed by atoms with Gasteiger partial charge in [0.15, 0.2) is 17.6 Å². The summed E-state index contributed by atoms with van der Waals surface area (Å²) in [7, 11) is 1.57. The number of amides is 1. The molecule has 0 aliphatic heterocycles. The molecule has 4 nitrogen and oxygen atoms in total. The molecule has 1 atom stereocenters. The van der Waals surface area contributed by atoms with E-state index in [0.29, 0.717) is 11.5 Å². The number of carbonyl (C=O) groups excluding carboxylic acids is 1. The van der Waals surface area contributed by atoms with E-state index in [1.54, 1.807) is 26.2 Å². The summed E-state index contributed by atoms with van der Waals surface area (Å²) in [5.74, 6) is 0.908. The fourth-order valence-corrected chi connectivity index (χ4v) is 2.66. The van der Waals surface area contributed by atoms with Crippen LogP contribution in [0.4, 0.5) is 5.69 Å². The van der Waals surface area contributed by atoms with Crippen LogP contribution in [0, 0.1) is 0 Å². The number of para-hydroxylation sites is 3. The van der Waals surface area contributed by atoms with Crippen LogP contribution in [-0.4, -0.2) is 19.1 Å². The Morgan fingerprint density at radius 1 is 0.846 bits per heavy atom. The molecule has 0 unspecified atom stereocenters. The van der Waals surface area contributed by atoms with Crippen LogP contribution in [0.15, 0.2) is 78.9 Å². The number of benzene rings is 3. The predicted octanol–water partition coefficient (Wildman–Crippen LogP) is 4.77. The molecule has 26 heavy (non-hydrogen) atoms. The smallest absolute Gasteiger partial charge is 0.265 e. The second-order valence-electron chi connectivity index (χ2n) is 5.81. The van der Waals surface area contributed by atoms with Crippen LogP contribution in [-0.2, 0) is 4.79 Å². The molecule has 3 aromatic rings. The SMILES string of the molecule is COc1ccccc1O[C@H](C)C(=O)Nc1ccccc1-c1ccccc1. The highest BCUT2D eigenvalue weighted by Crippen LogP contribution is 2.29. The maximum atomic E-state index is 12.6. The molecule has 0 bridgehead atoms. The number of anilines is 1. The molecule has 1 amide bonds. The minimum Gasteiger partial charge on any atom is -0.493 e. The van der Waals surface area contributed by atoms with Gasteiger partial charge in [-0.05, 0) is 30.7 Å². The maximum absolute atomic E-state index is 12.6. The van der Waals surface area contributed by atoms with Crippen LogP contribution in [0.25, 0.3) is 11.1 Å². The summed E-state index contributed by atoms with van der Waals surface area (Å²) in [5, 5.41) is 2.96. The molecule has 132 valence electrons. The molecule has 0 spiro atoms. The van der Waals surface area contributed by atoms with Crippen molar-refractivity contribution in [3.63, 3.8) is 0 Å². The van der Waals surface area contributed by atoms with Gasteiger partial charge in [-0.25, -0.2) is 0 Å². The summed E-state index contributed by atoms with van der Waals surface area (Å²) >= 11 is 0. The van der Waals surface area contributed by atoms with Gasteiger partial charge < -0.3 is 14.8 Å². The largest absolute Gasteiger partial charge is 0.493 e. The maximum Gasteiger partial charge on any atom is 0.265 e. The fraction of sp³-hybridized carbons (Fsp3) is 0.136. The minimum absolute atomic E-state index is 0.223. The lowest BCUT2D eigenvalue weighted by Crippen LogP contribution is -2.30. The van der Waals surface area contributed by atoms with Crippen LogP contribution >= 0.6 is 0 Å². The lowest BCUT2D eigenvalue weighted by atomic mass is 10.0. The lowest BCUT2D eigenvalue weighted by Gasteiger charge is -2.18. The van der Waals surface area contributed by atoms with E-state index in [1.165, 1.54) is 0 Å². The number of hydrogen-bond acceptors (Lipinski definition) is 3. The van der Waals surface area contributed by atoms with Crippen molar-refractivity contribution < 1.29 is 14.3 Å². The van der Waals surface area contributed by atoms with E-state index in [2.05, 4.69) is 5.32 Å². The third-order valence-electron chi connectivity index (χ3n) is 4.01. The molecule has 4 heteroatoms. The highest BCUT2D eigenvalue weighted by molar-refractivity contribution is 5.98. The molecular formula is C22H21NO3. The van der Waals surface area contributed by atoms with Crippen molar-refractivity contribution in [2.24, 2.45) is 0 Å². The molecule has 0 heterocycles. The average Bonchev–Trinajstić information content (AvgIpc) is 2.69. The zero-order chi connectivity index (χ0) is 18.4. The van der Waals surface area contributed by atoms with E-state index in [4.69, 9.17) is 9.47 Å². The normalized spacial score (nSPS) is 11.5. The first-order valence-corrected chi connectivity index (χ1v) is 8.44. The number of ether oxygens (including phenoxy) is 2. The molecule has 0 saturated carbocycles. The molecule has 3 aromatic carbocycles. The highest BCUT2D eigenvalue weighted by Gasteiger charge is 2.18. The quantitative estimate of drug-likeness (QED) is 0.699. The summed E-state index contributed by atoms with van der Waals surface area (Å²) in [6.07, 6.45) is -0.671. The van der Waals surface area contributed by atoms with Gasteiger partial charge in [0, 0.05) is 11.3 Å². The molecule has 0 saturated heterocycles. The van der Waals surface area contributed by atoms with E-state index in [1.807, 2.05) is 66.7 Å². The van der Waals surface area contributed by atoms with Crippen molar-refractivity contribution in [3.05, 3.63) is 78.9 Å². The van der Waals surface area contributed by atoms with Crippen molar-refractivity contribution in [1.29, 1.82) is 0 Å². The zero-order valence-corrected chi connectivity index (χ0v) is 14.8. The summed E-state index contributed by atoms with van der Waals surface area (Å²) in [6.45, 7) is 1.72. The summed E-state index contributed by atoms with van der Waals surface area (Å²) in [5.41, 5.74) is 2.76. The second kappa shape index (κ2) is 8.21. The van der Waals surface area contributed by atoms with Crippen molar-refractivity contribution in [1.82, 2.24) is 0 Å². The van der Waals surface area contributed by atoms with Gasteiger partial charge >= 0.3 is 0 Å². The molecule has 0 aromatic heterocycles. The van der Waals surface area contributed by atoms with Gasteiger partial charge in [-0.15, -0.1) is 0 Å². The molecule has 0 aliphatic rings. The monoisotopic (exact) mass is 347 g/mol. The number of hydrogen-bond donors (Lipinski definition) is 1. The van der Waals surface area contributed by atoms with E-state index in [-0.39, 0.29) is 5.91 Å². The first-order chi connectivity index (χ1) is 12.7. The van der Waals surface area contributed by atoms with Crippen molar-refractivity contribution in [2.75, 3.05) is 12.4 Å². The Labute approximate surface area is 153 Å². The van der Waals surface area contributed by atoms with Gasteiger partial charge in [0.2, 0.25) is 0 Å². The summed E-state index contributed by atoms with van der Waals surface area (Å²) in [6, 6.07) is 24.9. The van der Waals surface area contributed by atoms with Crippen LogP contribution in [0.5, 0.6) is 11.5 Å². The molecule has 0 fully saturated rings. The van der Waals surface area contributed by atoms with Gasteiger partial charge in [0.1, 0.15) is 0 Å². The Bertz CT molecular complexity index is 877. The van der Waals surface area contributed by atoms with Crippen LogP contribution in [0.2, 0.25) is 0 Å². The highest BCUT2D eigenvalue weighted by atomic mass is 16.5. The summed E-state index contributed by atoms with van der Waals surface area (Å²) < 4.78 is 11.0. The van der Waals surface area contributed by atoms with Gasteiger partial charge in [-0.3, -0.25) is 4.79 Å². The topological polar surface area (TPSA) is 47.6 Å². The van der Waals surface area contributed by atoms with E-state index in [9.17, 15) is 4.79 Å². The van der Waals surface area contributed by atoms with E-state index in [0.717, 1.165) is 16.8 Å². The number of nitrogens with one attached hydrogen (secondary N) is 1. The van der Waals surface area contributed by atoms with Crippen LogP contribution in [0.3, 0.4) is 0 Å². The van der Waals surface area contributed by atoms with Crippen molar-refractivity contribution >= 4 is 11.6 Å². The van der Waals surface area contributed by atoms with Gasteiger partial charge in [-0.2, -0.15) is 0 Å². The van der Waals surface area contributed by atoms with Crippen LogP contribution in [0.1, 0.15) is 6.92 Å². The van der Waals surface area contributed by atoms with Crippen LogP contribution < -0.4 is 14.8 Å². The molecule has 3 rings (SSSR count). The Morgan fingerprint density at radius 3 is 2.19 bits per heavy atom. The molecule has 0 aliphatic carbocycles. The number of rotatable bonds is 6. The number of methoxy groups -OCH3 is 1. The second-order valence-corrected chi connectivity index (χ2v) is 5.81. The predicted molar refractivity (Wildman–Crippen MR) is 104 cm³/mol. The molecule has 1 N–H and O–H groups in total. The first kappa shape index (κ1) is 17.5. The average molecular weight is 347 g/mol. The third kappa shape index (κ3) is 4.03. The Kier molecular flexibility index (Phi) is 5.54. The minimum atomic E-state index is -0.671. The Morgan fingerprint density at radius 2 is 1.46 bits per heavy atom. The zero-order valence-electron chi connectivity index (χ0n) is 14.8. The standard InChI is InChI=1S/C22H21NO3/c1-16(26-21-15-9-8-14-20(21)25-2)22(24)23-19-13-7-6-12-18(19)17-10-4-3-5-11-17/h3-16H,1-2H3,(H,23,24)/t16-/m1/s1. The van der Waals surface area contributed by atoms with E-state index < -0.39 is 6.10 Å². The number of carbonyl (C=O) groups is 1. The Hall–Kier alpha value is -3.27. The van der Waals surface area contributed by atoms with Gasteiger partial charge in [-0.1, -0.05) is 60.7 Å². The lowest BCUT2D eigenvalue weighted by molar-refractivity contribution is -0.122. The van der Waals surface area contributed by atoms with E-state index >= 15 is 0 Å². The molecule has 0 radical (unpaired) electrons. The summed E-state index contributed by atoms with van der Waals surface area (Å²) in [4.78, 5) is 12.6.